The predicted octanol–water partition coefficient (Wildman–Crippen LogP) is 4.74. The van der Waals surface area contributed by atoms with Crippen LogP contribution in [0.1, 0.15) is 17.0 Å². The summed E-state index contributed by atoms with van der Waals surface area (Å²) in [5.74, 6) is -0.193. The molecule has 0 radical (unpaired) electrons. The monoisotopic (exact) mass is 413 g/mol. The fourth-order valence-electron chi connectivity index (χ4n) is 3.75. The van der Waals surface area contributed by atoms with E-state index in [0.717, 1.165) is 28.2 Å². The lowest BCUT2D eigenvalue weighted by Gasteiger charge is -2.29. The first-order chi connectivity index (χ1) is 14.4. The summed E-state index contributed by atoms with van der Waals surface area (Å²) in [7, 11) is 0. The molecule has 5 rings (SSSR count). The second-order valence-corrected chi connectivity index (χ2v) is 7.11. The fourth-order valence-corrected chi connectivity index (χ4v) is 3.75. The third-order valence-corrected chi connectivity index (χ3v) is 5.20. The van der Waals surface area contributed by atoms with Gasteiger partial charge in [0.2, 0.25) is 0 Å². The number of benzene rings is 1. The van der Waals surface area contributed by atoms with Crippen LogP contribution in [0.3, 0.4) is 0 Å². The summed E-state index contributed by atoms with van der Waals surface area (Å²) in [6.45, 7) is 0.801. The van der Waals surface area contributed by atoms with E-state index in [4.69, 9.17) is 0 Å². The molecule has 9 heteroatoms. The SMILES string of the molecule is Fc1ccc2[nH]c3c(c2c1)CN(c1cc(C(F)(F)F)nc(-c2ccncc2)n1)CC3. The Kier molecular flexibility index (Phi) is 4.19. The first-order valence-corrected chi connectivity index (χ1v) is 9.29. The number of anilines is 1. The first-order valence-electron chi connectivity index (χ1n) is 9.29. The summed E-state index contributed by atoms with van der Waals surface area (Å²) >= 11 is 0. The first kappa shape index (κ1) is 18.5. The second kappa shape index (κ2) is 6.79. The molecule has 0 aliphatic carbocycles. The van der Waals surface area contributed by atoms with Gasteiger partial charge < -0.3 is 9.88 Å². The Morgan fingerprint density at radius 2 is 1.80 bits per heavy atom. The van der Waals surface area contributed by atoms with Crippen LogP contribution in [0, 0.1) is 5.82 Å². The van der Waals surface area contributed by atoms with Crippen LogP contribution in [0.4, 0.5) is 23.4 Å². The summed E-state index contributed by atoms with van der Waals surface area (Å²) in [5.41, 5.74) is 2.08. The Bertz CT molecular complexity index is 1230. The molecule has 0 atom stereocenters. The van der Waals surface area contributed by atoms with E-state index in [1.807, 2.05) is 0 Å². The number of H-pyrrole nitrogens is 1. The van der Waals surface area contributed by atoms with Crippen molar-refractivity contribution in [2.45, 2.75) is 19.1 Å². The number of halogens is 4. The number of alkyl halides is 3. The molecular formula is C21H15F4N5. The van der Waals surface area contributed by atoms with Crippen molar-refractivity contribution in [3.8, 4) is 11.4 Å². The van der Waals surface area contributed by atoms with Crippen molar-refractivity contribution in [1.82, 2.24) is 19.9 Å². The normalized spacial score (nSPS) is 14.2. The highest BCUT2D eigenvalue weighted by Crippen LogP contribution is 2.34. The Labute approximate surface area is 168 Å². The lowest BCUT2D eigenvalue weighted by molar-refractivity contribution is -0.141. The zero-order valence-corrected chi connectivity index (χ0v) is 15.5. The molecule has 1 aromatic carbocycles. The van der Waals surface area contributed by atoms with Crippen molar-refractivity contribution in [3.05, 3.63) is 71.6 Å². The van der Waals surface area contributed by atoms with Crippen molar-refractivity contribution in [2.75, 3.05) is 11.4 Å². The maximum Gasteiger partial charge on any atom is 0.433 e. The lowest BCUT2D eigenvalue weighted by Crippen LogP contribution is -2.31. The predicted molar refractivity (Wildman–Crippen MR) is 103 cm³/mol. The number of aromatic nitrogens is 4. The Hall–Kier alpha value is -3.49. The van der Waals surface area contributed by atoms with Crippen molar-refractivity contribution >= 4 is 16.7 Å². The van der Waals surface area contributed by atoms with Gasteiger partial charge in [-0.2, -0.15) is 13.2 Å². The minimum absolute atomic E-state index is 0.0157. The fraction of sp³-hybridized carbons (Fsp3) is 0.190. The molecule has 30 heavy (non-hydrogen) atoms. The number of rotatable bonds is 2. The summed E-state index contributed by atoms with van der Waals surface area (Å²) < 4.78 is 54.3. The highest BCUT2D eigenvalue weighted by atomic mass is 19.4. The molecule has 3 aromatic heterocycles. The quantitative estimate of drug-likeness (QED) is 0.483. The van der Waals surface area contributed by atoms with Gasteiger partial charge >= 0.3 is 6.18 Å². The number of nitrogens with one attached hydrogen (secondary N) is 1. The van der Waals surface area contributed by atoms with Crippen LogP contribution in [0.5, 0.6) is 0 Å². The van der Waals surface area contributed by atoms with Crippen LogP contribution in [0.2, 0.25) is 0 Å². The maximum atomic E-state index is 13.8. The smallest absolute Gasteiger partial charge is 0.358 e. The minimum Gasteiger partial charge on any atom is -0.358 e. The van der Waals surface area contributed by atoms with Crippen LogP contribution < -0.4 is 4.90 Å². The van der Waals surface area contributed by atoms with Gasteiger partial charge in [0.1, 0.15) is 11.6 Å². The Balaban J connectivity index is 1.59. The third-order valence-electron chi connectivity index (χ3n) is 5.20. The lowest BCUT2D eigenvalue weighted by atomic mass is 10.0. The molecule has 0 fully saturated rings. The molecule has 0 unspecified atom stereocenters. The average Bonchev–Trinajstić information content (AvgIpc) is 3.10. The summed E-state index contributed by atoms with van der Waals surface area (Å²) in [4.78, 5) is 17.0. The summed E-state index contributed by atoms with van der Waals surface area (Å²) in [5, 5.41) is 0.731. The van der Waals surface area contributed by atoms with Gasteiger partial charge in [-0.05, 0) is 30.3 Å². The molecule has 0 saturated heterocycles. The van der Waals surface area contributed by atoms with Gasteiger partial charge in [-0.3, -0.25) is 4.98 Å². The average molecular weight is 413 g/mol. The van der Waals surface area contributed by atoms with E-state index < -0.39 is 11.9 Å². The molecule has 0 spiro atoms. The zero-order chi connectivity index (χ0) is 20.9. The van der Waals surface area contributed by atoms with Crippen molar-refractivity contribution in [3.63, 3.8) is 0 Å². The van der Waals surface area contributed by atoms with Crippen LogP contribution in [0.25, 0.3) is 22.3 Å². The van der Waals surface area contributed by atoms with E-state index >= 15 is 0 Å². The minimum atomic E-state index is -4.61. The van der Waals surface area contributed by atoms with Gasteiger partial charge in [0.05, 0.1) is 0 Å². The van der Waals surface area contributed by atoms with E-state index in [0.29, 0.717) is 25.1 Å². The van der Waals surface area contributed by atoms with Gasteiger partial charge in [0.15, 0.2) is 11.5 Å². The number of nitrogens with zero attached hydrogens (tertiary/aromatic N) is 4. The highest BCUT2D eigenvalue weighted by Gasteiger charge is 2.35. The van der Waals surface area contributed by atoms with Crippen molar-refractivity contribution in [2.24, 2.45) is 0 Å². The third kappa shape index (κ3) is 3.26. The number of aromatic amines is 1. The summed E-state index contributed by atoms with van der Waals surface area (Å²) in [6, 6.07) is 8.58. The van der Waals surface area contributed by atoms with Gasteiger partial charge in [-0.1, -0.05) is 0 Å². The Morgan fingerprint density at radius 1 is 1.00 bits per heavy atom. The van der Waals surface area contributed by atoms with Gasteiger partial charge in [0.25, 0.3) is 0 Å². The highest BCUT2D eigenvalue weighted by molar-refractivity contribution is 5.85. The van der Waals surface area contributed by atoms with Gasteiger partial charge in [0, 0.05) is 65.7 Å². The maximum absolute atomic E-state index is 13.8. The van der Waals surface area contributed by atoms with Gasteiger partial charge in [-0.25, -0.2) is 14.4 Å². The molecule has 1 aliphatic rings. The molecular weight excluding hydrogens is 398 g/mol. The van der Waals surface area contributed by atoms with E-state index in [9.17, 15) is 17.6 Å². The number of hydrogen-bond donors (Lipinski definition) is 1. The molecule has 0 amide bonds. The Morgan fingerprint density at radius 3 is 2.57 bits per heavy atom. The van der Waals surface area contributed by atoms with Gasteiger partial charge in [-0.15, -0.1) is 0 Å². The molecule has 0 saturated carbocycles. The number of pyridine rings is 1. The topological polar surface area (TPSA) is 57.7 Å². The largest absolute Gasteiger partial charge is 0.433 e. The van der Waals surface area contributed by atoms with Crippen LogP contribution in [-0.4, -0.2) is 26.5 Å². The van der Waals surface area contributed by atoms with Crippen LogP contribution in [0.15, 0.2) is 48.8 Å². The summed E-state index contributed by atoms with van der Waals surface area (Å²) in [6.07, 6.45) is -1.07. The molecule has 0 bridgehead atoms. The molecule has 5 nitrogen and oxygen atoms in total. The number of hydrogen-bond acceptors (Lipinski definition) is 4. The van der Waals surface area contributed by atoms with Crippen LogP contribution >= 0.6 is 0 Å². The van der Waals surface area contributed by atoms with E-state index in [-0.39, 0.29) is 17.5 Å². The van der Waals surface area contributed by atoms with Crippen molar-refractivity contribution in [1.29, 1.82) is 0 Å². The number of fused-ring (bicyclic) bond motifs is 3. The van der Waals surface area contributed by atoms with E-state index in [1.165, 1.54) is 24.5 Å². The molecule has 1 aliphatic heterocycles. The van der Waals surface area contributed by atoms with Crippen LogP contribution in [-0.2, 0) is 19.1 Å². The molecule has 1 N–H and O–H groups in total. The second-order valence-electron chi connectivity index (χ2n) is 7.11. The molecule has 4 heterocycles. The van der Waals surface area contributed by atoms with Crippen molar-refractivity contribution < 1.29 is 17.6 Å². The zero-order valence-electron chi connectivity index (χ0n) is 15.5. The standard InChI is InChI=1S/C21H15F4N5/c22-13-1-2-16-14(9-13)15-11-30(8-5-17(15)27-16)19-10-18(21(23,24)25)28-20(29-19)12-3-6-26-7-4-12/h1-4,6-7,9-10,27H,5,8,11H2. The van der Waals surface area contributed by atoms with E-state index in [2.05, 4.69) is 19.9 Å². The molecule has 152 valence electrons. The van der Waals surface area contributed by atoms with E-state index in [1.54, 1.807) is 23.1 Å². The molecule has 4 aromatic rings.